The lowest BCUT2D eigenvalue weighted by atomic mass is 9.81. The molecule has 1 saturated heterocycles. The van der Waals surface area contributed by atoms with Gasteiger partial charge in [0.05, 0.1) is 22.2 Å². The van der Waals surface area contributed by atoms with Crippen LogP contribution < -0.4 is 15.1 Å². The summed E-state index contributed by atoms with van der Waals surface area (Å²) in [5.41, 5.74) is 0.772. The largest absolute Gasteiger partial charge is 0.416 e. The lowest BCUT2D eigenvalue weighted by molar-refractivity contribution is -0.137. The number of carbonyl (C=O) groups excluding carboxylic acids is 3. The van der Waals surface area contributed by atoms with E-state index < -0.39 is 63.8 Å². The molecule has 0 unspecified atom stereocenters. The Morgan fingerprint density at radius 3 is 2.20 bits per heavy atom. The molecule has 0 saturated carbocycles. The minimum absolute atomic E-state index is 0.0898. The summed E-state index contributed by atoms with van der Waals surface area (Å²) in [4.78, 5) is 55.3. The third kappa shape index (κ3) is 5.77. The van der Waals surface area contributed by atoms with Crippen molar-refractivity contribution in [3.05, 3.63) is 110 Å². The van der Waals surface area contributed by atoms with Gasteiger partial charge < -0.3 is 5.32 Å². The summed E-state index contributed by atoms with van der Waals surface area (Å²) in [6.07, 6.45) is -4.61. The molecule has 3 heterocycles. The molecule has 1 aromatic heterocycles. The van der Waals surface area contributed by atoms with Crippen molar-refractivity contribution in [2.45, 2.75) is 55.1 Å². The maximum absolute atomic E-state index is 14.0. The van der Waals surface area contributed by atoms with E-state index in [9.17, 15) is 36.7 Å². The molecule has 7 nitrogen and oxygen atoms in total. The van der Waals surface area contributed by atoms with Crippen LogP contribution in [0.2, 0.25) is 0 Å². The molecule has 46 heavy (non-hydrogen) atoms. The molecule has 0 spiro atoms. The number of thiazole rings is 1. The number of hydrogen-bond donors (Lipinski definition) is 1. The minimum Gasteiger partial charge on any atom is -0.325 e. The topological polar surface area (TPSA) is 88.5 Å². The lowest BCUT2D eigenvalue weighted by Gasteiger charge is -2.31. The van der Waals surface area contributed by atoms with Crippen LogP contribution in [0.15, 0.2) is 82.6 Å². The number of anilines is 2. The summed E-state index contributed by atoms with van der Waals surface area (Å²) < 4.78 is 54.5. The quantitative estimate of drug-likeness (QED) is 0.187. The van der Waals surface area contributed by atoms with Gasteiger partial charge in [0.2, 0.25) is 17.7 Å². The van der Waals surface area contributed by atoms with Gasteiger partial charge in [0, 0.05) is 16.5 Å². The Kier molecular flexibility index (Phi) is 7.96. The molecule has 0 radical (unpaired) electrons. The van der Waals surface area contributed by atoms with E-state index in [1.54, 1.807) is 0 Å². The standard InChI is InChI=1S/C33H27F4N3O4S2/c1-32(2,3)18-9-7-17(8-10-18)24-25-26(29(43)40(28(25)42)22-13-11-20(34)12-14-22)45-30-27(24)46-31(44)39(30)16-23(41)38-21-6-4-5-19(15-21)33(35,36)37/h4-15,24-26H,16H2,1-3H3,(H,38,41)/t24-,25-,26+/m0/s1. The first-order valence-electron chi connectivity index (χ1n) is 14.2. The van der Waals surface area contributed by atoms with E-state index in [4.69, 9.17) is 0 Å². The van der Waals surface area contributed by atoms with Crippen LogP contribution >= 0.6 is 23.1 Å². The van der Waals surface area contributed by atoms with E-state index in [0.717, 1.165) is 63.9 Å². The molecule has 2 aliphatic heterocycles. The smallest absolute Gasteiger partial charge is 0.325 e. The maximum Gasteiger partial charge on any atom is 0.416 e. The summed E-state index contributed by atoms with van der Waals surface area (Å²) in [5, 5.41) is 1.80. The number of thioether (sulfide) groups is 1. The van der Waals surface area contributed by atoms with Crippen molar-refractivity contribution in [1.82, 2.24) is 4.57 Å². The molecule has 2 aliphatic rings. The van der Waals surface area contributed by atoms with Crippen molar-refractivity contribution in [3.8, 4) is 0 Å². The van der Waals surface area contributed by atoms with Crippen LogP contribution in [0.3, 0.4) is 0 Å². The second-order valence-electron chi connectivity index (χ2n) is 12.2. The van der Waals surface area contributed by atoms with Crippen LogP contribution in [0, 0.1) is 11.7 Å². The number of rotatable bonds is 5. The van der Waals surface area contributed by atoms with Gasteiger partial charge in [-0.15, -0.1) is 0 Å². The minimum atomic E-state index is -4.61. The maximum atomic E-state index is 14.0. The summed E-state index contributed by atoms with van der Waals surface area (Å²) in [5.74, 6) is -3.88. The predicted octanol–water partition coefficient (Wildman–Crippen LogP) is 6.80. The van der Waals surface area contributed by atoms with E-state index in [1.165, 1.54) is 22.8 Å². The van der Waals surface area contributed by atoms with Gasteiger partial charge in [0.1, 0.15) is 17.6 Å². The molecular weight excluding hydrogens is 643 g/mol. The molecule has 1 fully saturated rings. The molecule has 238 valence electrons. The van der Waals surface area contributed by atoms with E-state index in [2.05, 4.69) is 26.1 Å². The molecule has 3 atom stereocenters. The Morgan fingerprint density at radius 1 is 0.891 bits per heavy atom. The molecule has 3 aromatic carbocycles. The number of carbonyl (C=O) groups is 3. The zero-order valence-electron chi connectivity index (χ0n) is 24.7. The predicted molar refractivity (Wildman–Crippen MR) is 168 cm³/mol. The lowest BCUT2D eigenvalue weighted by Crippen LogP contribution is -2.33. The van der Waals surface area contributed by atoms with Gasteiger partial charge in [0.25, 0.3) is 0 Å². The summed E-state index contributed by atoms with van der Waals surface area (Å²) >= 11 is 1.87. The highest BCUT2D eigenvalue weighted by molar-refractivity contribution is 8.00. The zero-order valence-corrected chi connectivity index (χ0v) is 26.4. The molecular formula is C33H27F4N3O4S2. The Labute approximate surface area is 269 Å². The van der Waals surface area contributed by atoms with Crippen LogP contribution in [-0.4, -0.2) is 27.5 Å². The highest BCUT2D eigenvalue weighted by Crippen LogP contribution is 2.54. The highest BCUT2D eigenvalue weighted by atomic mass is 32.2. The molecule has 4 aromatic rings. The summed E-state index contributed by atoms with van der Waals surface area (Å²) in [6.45, 7) is 5.65. The molecule has 1 N–H and O–H groups in total. The first-order chi connectivity index (χ1) is 21.6. The van der Waals surface area contributed by atoms with Crippen LogP contribution in [0.4, 0.5) is 28.9 Å². The second-order valence-corrected chi connectivity index (χ2v) is 14.3. The first-order valence-corrected chi connectivity index (χ1v) is 15.9. The fourth-order valence-corrected chi connectivity index (χ4v) is 8.54. The number of aromatic nitrogens is 1. The Bertz CT molecular complexity index is 1910. The van der Waals surface area contributed by atoms with Gasteiger partial charge in [-0.2, -0.15) is 13.2 Å². The van der Waals surface area contributed by atoms with Crippen LogP contribution in [-0.2, 0) is 32.5 Å². The number of imide groups is 1. The number of fused-ring (bicyclic) bond motifs is 2. The average molecular weight is 670 g/mol. The monoisotopic (exact) mass is 669 g/mol. The van der Waals surface area contributed by atoms with Gasteiger partial charge in [-0.1, -0.05) is 74.2 Å². The third-order valence-electron chi connectivity index (χ3n) is 8.05. The molecule has 0 aliphatic carbocycles. The number of benzene rings is 3. The number of halogens is 4. The average Bonchev–Trinajstić information content (AvgIpc) is 3.43. The number of hydrogen-bond acceptors (Lipinski definition) is 6. The summed E-state index contributed by atoms with van der Waals surface area (Å²) in [6, 6.07) is 16.8. The fourth-order valence-electron chi connectivity index (χ4n) is 5.77. The van der Waals surface area contributed by atoms with Crippen molar-refractivity contribution >= 4 is 52.2 Å². The van der Waals surface area contributed by atoms with Gasteiger partial charge in [-0.25, -0.2) is 9.29 Å². The van der Waals surface area contributed by atoms with Gasteiger partial charge in [-0.05, 0) is 59.0 Å². The van der Waals surface area contributed by atoms with Crippen LogP contribution in [0.25, 0.3) is 0 Å². The zero-order chi connectivity index (χ0) is 33.1. The Morgan fingerprint density at radius 2 is 1.57 bits per heavy atom. The number of nitrogens with one attached hydrogen (secondary N) is 1. The van der Waals surface area contributed by atoms with E-state index >= 15 is 0 Å². The molecule has 13 heteroatoms. The van der Waals surface area contributed by atoms with Crippen molar-refractivity contribution in [2.75, 3.05) is 10.2 Å². The van der Waals surface area contributed by atoms with Crippen molar-refractivity contribution in [3.63, 3.8) is 0 Å². The van der Waals surface area contributed by atoms with Gasteiger partial charge in [0.15, 0.2) is 0 Å². The van der Waals surface area contributed by atoms with Crippen LogP contribution in [0.5, 0.6) is 0 Å². The third-order valence-corrected chi connectivity index (χ3v) is 10.6. The normalized spacial score (nSPS) is 19.6. The summed E-state index contributed by atoms with van der Waals surface area (Å²) in [7, 11) is 0. The van der Waals surface area contributed by atoms with E-state index in [0.29, 0.717) is 15.5 Å². The molecule has 3 amide bonds. The Balaban J connectivity index is 1.39. The number of amides is 3. The van der Waals surface area contributed by atoms with Crippen molar-refractivity contribution in [2.24, 2.45) is 5.92 Å². The van der Waals surface area contributed by atoms with Crippen molar-refractivity contribution < 1.29 is 31.9 Å². The van der Waals surface area contributed by atoms with Gasteiger partial charge >= 0.3 is 11.0 Å². The van der Waals surface area contributed by atoms with E-state index in [1.807, 2.05) is 24.3 Å². The first kappa shape index (κ1) is 31.7. The number of nitrogens with zero attached hydrogens (tertiary/aromatic N) is 2. The number of alkyl halides is 3. The van der Waals surface area contributed by atoms with Gasteiger partial charge in [-0.3, -0.25) is 23.7 Å². The molecule has 0 bridgehead atoms. The Hall–Kier alpha value is -4.23. The molecule has 6 rings (SSSR count). The van der Waals surface area contributed by atoms with Crippen LogP contribution in [0.1, 0.15) is 48.3 Å². The fraction of sp³-hybridized carbons (Fsp3) is 0.273. The van der Waals surface area contributed by atoms with Crippen molar-refractivity contribution in [1.29, 1.82) is 0 Å². The van der Waals surface area contributed by atoms with E-state index in [-0.39, 0.29) is 16.8 Å². The second kappa shape index (κ2) is 11.5. The SMILES string of the molecule is CC(C)(C)c1ccc([C@@H]2c3sc(=O)n(CC(=O)Nc4cccc(C(F)(F)F)c4)c3S[C@H]3C(=O)N(c4ccc(F)cc4)C(=O)[C@@H]23)cc1. The highest BCUT2D eigenvalue weighted by Gasteiger charge is 2.56.